The summed E-state index contributed by atoms with van der Waals surface area (Å²) in [6.45, 7) is 12.4. The molecule has 1 aromatic carbocycles. The zero-order valence-electron chi connectivity index (χ0n) is 28.5. The van der Waals surface area contributed by atoms with Gasteiger partial charge >= 0.3 is 0 Å². The van der Waals surface area contributed by atoms with E-state index in [1.165, 1.54) is 12.8 Å². The van der Waals surface area contributed by atoms with E-state index in [1.807, 2.05) is 30.3 Å². The molecule has 0 bridgehead atoms. The summed E-state index contributed by atoms with van der Waals surface area (Å²) in [5.74, 6) is 1.59. The van der Waals surface area contributed by atoms with E-state index in [1.54, 1.807) is 0 Å². The maximum absolute atomic E-state index is 5.65. The fourth-order valence-corrected chi connectivity index (χ4v) is 3.88. The Morgan fingerprint density at radius 2 is 0.574 bits per heavy atom. The summed E-state index contributed by atoms with van der Waals surface area (Å²) in [5.41, 5.74) is 0. The lowest BCUT2D eigenvalue weighted by atomic mass is 10.2. The molecule has 0 fully saturated rings. The number of benzene rings is 1. The Hall–Kier alpha value is -1.13. The summed E-state index contributed by atoms with van der Waals surface area (Å²) in [4.78, 5) is 0. The van der Waals surface area contributed by atoms with Crippen LogP contribution < -0.4 is 4.74 Å². The van der Waals surface area contributed by atoms with Crippen molar-refractivity contribution in [3.63, 3.8) is 0 Å². The molecule has 0 aliphatic carbocycles. The van der Waals surface area contributed by atoms with E-state index in [4.69, 9.17) is 68.4 Å². The molecule has 0 heterocycles. The molecule has 13 heteroatoms. The van der Waals surface area contributed by atoms with Gasteiger partial charge in [0.2, 0.25) is 0 Å². The molecule has 1 rings (SSSR count). The Bertz CT molecular complexity index is 707. The Labute approximate surface area is 287 Å². The fourth-order valence-electron chi connectivity index (χ4n) is 3.69. The second-order valence-corrected chi connectivity index (χ2v) is 10.4. The van der Waals surface area contributed by atoms with Gasteiger partial charge in [-0.3, -0.25) is 0 Å². The van der Waals surface area contributed by atoms with Crippen molar-refractivity contribution in [3.05, 3.63) is 30.3 Å². The van der Waals surface area contributed by atoms with Gasteiger partial charge in [-0.05, 0) is 25.0 Å². The molecular formula is C34H61ClO12. The normalized spacial score (nSPS) is 11.4. The Kier molecular flexibility index (Phi) is 36.7. The Morgan fingerprint density at radius 3 is 0.894 bits per heavy atom. The Morgan fingerprint density at radius 1 is 0.298 bits per heavy atom. The van der Waals surface area contributed by atoms with Crippen LogP contribution in [0.25, 0.3) is 0 Å². The van der Waals surface area contributed by atoms with Crippen LogP contribution in [0.3, 0.4) is 0 Å². The van der Waals surface area contributed by atoms with Crippen molar-refractivity contribution < 1.29 is 56.8 Å². The van der Waals surface area contributed by atoms with Crippen LogP contribution in [0.5, 0.6) is 5.75 Å². The molecule has 0 aliphatic rings. The Balaban J connectivity index is 1.60. The van der Waals surface area contributed by atoms with Gasteiger partial charge in [0.25, 0.3) is 0 Å². The van der Waals surface area contributed by atoms with Gasteiger partial charge in [-0.1, -0.05) is 31.0 Å². The highest BCUT2D eigenvalue weighted by atomic mass is 35.5. The highest BCUT2D eigenvalue weighted by Crippen LogP contribution is 2.07. The summed E-state index contributed by atoms with van der Waals surface area (Å²) in [6, 6.07) is 9.68. The van der Waals surface area contributed by atoms with Crippen molar-refractivity contribution in [1.29, 1.82) is 0 Å². The van der Waals surface area contributed by atoms with E-state index in [-0.39, 0.29) is 0 Å². The summed E-state index contributed by atoms with van der Waals surface area (Å²) in [6.07, 6.45) is 4.50. The van der Waals surface area contributed by atoms with Crippen LogP contribution in [0, 0.1) is 0 Å². The molecule has 0 amide bonds. The molecule has 276 valence electrons. The van der Waals surface area contributed by atoms with E-state index in [0.29, 0.717) is 145 Å². The van der Waals surface area contributed by atoms with E-state index in [9.17, 15) is 0 Å². The summed E-state index contributed by atoms with van der Waals surface area (Å²) in [5, 5.41) is 0. The third-order valence-electron chi connectivity index (χ3n) is 6.13. The van der Waals surface area contributed by atoms with Gasteiger partial charge in [0.15, 0.2) is 0 Å². The molecule has 0 saturated carbocycles. The van der Waals surface area contributed by atoms with Gasteiger partial charge in [-0.25, -0.2) is 0 Å². The highest BCUT2D eigenvalue weighted by Gasteiger charge is 1.97. The van der Waals surface area contributed by atoms with Crippen molar-refractivity contribution >= 4 is 11.6 Å². The number of para-hydroxylation sites is 1. The number of ether oxygens (including phenoxy) is 12. The predicted molar refractivity (Wildman–Crippen MR) is 180 cm³/mol. The van der Waals surface area contributed by atoms with Crippen molar-refractivity contribution in [2.75, 3.05) is 158 Å². The quantitative estimate of drug-likeness (QED) is 0.0730. The molecule has 0 aromatic heterocycles. The molecule has 0 saturated heterocycles. The SMILES string of the molecule is ClCCCCCCOCCOCCOCCOCCOCCOCCOCCOCCOCCOCCOCCOc1ccccc1. The minimum absolute atomic E-state index is 0.513. The van der Waals surface area contributed by atoms with E-state index < -0.39 is 0 Å². The topological polar surface area (TPSA) is 111 Å². The molecule has 0 N–H and O–H groups in total. The maximum atomic E-state index is 5.65. The summed E-state index contributed by atoms with van der Waals surface area (Å²) >= 11 is 5.65. The first-order valence-corrected chi connectivity index (χ1v) is 17.6. The van der Waals surface area contributed by atoms with Crippen molar-refractivity contribution in [3.8, 4) is 5.75 Å². The molecule has 0 unspecified atom stereocenters. The average molecular weight is 697 g/mol. The predicted octanol–water partition coefficient (Wildman–Crippen LogP) is 4.05. The van der Waals surface area contributed by atoms with Crippen LogP contribution in [-0.4, -0.2) is 158 Å². The first-order valence-electron chi connectivity index (χ1n) is 17.0. The molecule has 0 spiro atoms. The van der Waals surface area contributed by atoms with Gasteiger partial charge in [0, 0.05) is 12.5 Å². The molecular weight excluding hydrogens is 636 g/mol. The minimum atomic E-state index is 0.513. The largest absolute Gasteiger partial charge is 0.491 e. The van der Waals surface area contributed by atoms with Crippen LogP contribution in [0.15, 0.2) is 30.3 Å². The lowest BCUT2D eigenvalue weighted by molar-refractivity contribution is -0.0277. The standard InChI is InChI=1S/C34H61ClO12/c35-10-6-1-2-7-11-36-12-13-37-14-15-38-16-17-39-18-19-40-20-21-41-22-23-42-24-25-43-26-27-44-28-29-45-30-31-46-32-33-47-34-8-4-3-5-9-34/h3-5,8-9H,1-2,6-7,10-33H2. The first kappa shape index (κ1) is 43.9. The number of unbranched alkanes of at least 4 members (excludes halogenated alkanes) is 3. The first-order chi connectivity index (χ1) is 23.4. The number of hydrogen-bond donors (Lipinski definition) is 0. The van der Waals surface area contributed by atoms with Gasteiger partial charge < -0.3 is 56.8 Å². The number of rotatable bonds is 40. The van der Waals surface area contributed by atoms with Gasteiger partial charge in [0.05, 0.1) is 139 Å². The van der Waals surface area contributed by atoms with Crippen LogP contribution >= 0.6 is 11.6 Å². The third-order valence-corrected chi connectivity index (χ3v) is 6.40. The van der Waals surface area contributed by atoms with Crippen LogP contribution in [-0.2, 0) is 52.1 Å². The smallest absolute Gasteiger partial charge is 0.119 e. The zero-order valence-corrected chi connectivity index (χ0v) is 29.2. The lowest BCUT2D eigenvalue weighted by Crippen LogP contribution is -2.15. The van der Waals surface area contributed by atoms with Crippen LogP contribution in [0.4, 0.5) is 0 Å². The highest BCUT2D eigenvalue weighted by molar-refractivity contribution is 6.17. The van der Waals surface area contributed by atoms with Gasteiger partial charge in [-0.15, -0.1) is 11.6 Å². The second kappa shape index (κ2) is 39.3. The number of hydrogen-bond acceptors (Lipinski definition) is 12. The van der Waals surface area contributed by atoms with Gasteiger partial charge in [-0.2, -0.15) is 0 Å². The monoisotopic (exact) mass is 696 g/mol. The molecule has 0 atom stereocenters. The number of halogens is 1. The number of alkyl halides is 1. The maximum Gasteiger partial charge on any atom is 0.119 e. The van der Waals surface area contributed by atoms with Crippen molar-refractivity contribution in [2.24, 2.45) is 0 Å². The van der Waals surface area contributed by atoms with E-state index in [0.717, 1.165) is 31.1 Å². The van der Waals surface area contributed by atoms with Crippen molar-refractivity contribution in [2.45, 2.75) is 25.7 Å². The van der Waals surface area contributed by atoms with E-state index >= 15 is 0 Å². The molecule has 12 nitrogen and oxygen atoms in total. The third kappa shape index (κ3) is 36.0. The van der Waals surface area contributed by atoms with Crippen molar-refractivity contribution in [1.82, 2.24) is 0 Å². The van der Waals surface area contributed by atoms with Crippen LogP contribution in [0.2, 0.25) is 0 Å². The molecule has 1 aromatic rings. The fraction of sp³-hybridized carbons (Fsp3) is 0.824. The molecule has 0 aliphatic heterocycles. The zero-order chi connectivity index (χ0) is 33.4. The molecule has 0 radical (unpaired) electrons. The minimum Gasteiger partial charge on any atom is -0.491 e. The summed E-state index contributed by atoms with van der Waals surface area (Å²) < 4.78 is 65.9. The average Bonchev–Trinajstić information content (AvgIpc) is 3.09. The summed E-state index contributed by atoms with van der Waals surface area (Å²) in [7, 11) is 0. The second-order valence-electron chi connectivity index (χ2n) is 10.0. The van der Waals surface area contributed by atoms with E-state index in [2.05, 4.69) is 0 Å². The lowest BCUT2D eigenvalue weighted by Gasteiger charge is -2.09. The molecule has 47 heavy (non-hydrogen) atoms. The van der Waals surface area contributed by atoms with Crippen LogP contribution in [0.1, 0.15) is 25.7 Å². The van der Waals surface area contributed by atoms with Gasteiger partial charge in [0.1, 0.15) is 12.4 Å².